The number of methoxy groups -OCH3 is 1. The minimum absolute atomic E-state index is 0.0559. The van der Waals surface area contributed by atoms with Crippen molar-refractivity contribution in [3.63, 3.8) is 0 Å². The lowest BCUT2D eigenvalue weighted by Gasteiger charge is -2.25. The lowest BCUT2D eigenvalue weighted by molar-refractivity contribution is 0.0950. The van der Waals surface area contributed by atoms with E-state index in [0.29, 0.717) is 23.5 Å². The molecule has 0 saturated carbocycles. The zero-order valence-corrected chi connectivity index (χ0v) is 20.5. The highest BCUT2D eigenvalue weighted by Crippen LogP contribution is 2.26. The molecule has 4 aromatic rings. The summed E-state index contributed by atoms with van der Waals surface area (Å²) < 4.78 is 23.5. The van der Waals surface area contributed by atoms with Crippen LogP contribution in [0.25, 0.3) is 5.69 Å². The second-order valence-corrected chi connectivity index (χ2v) is 9.08. The van der Waals surface area contributed by atoms with Crippen molar-refractivity contribution in [1.82, 2.24) is 35.0 Å². The summed E-state index contributed by atoms with van der Waals surface area (Å²) in [7, 11) is 3.52. The van der Waals surface area contributed by atoms with Gasteiger partial charge < -0.3 is 15.0 Å². The fourth-order valence-corrected chi connectivity index (χ4v) is 4.47. The summed E-state index contributed by atoms with van der Waals surface area (Å²) >= 11 is 0. The molecule has 0 atom stereocenters. The van der Waals surface area contributed by atoms with Crippen LogP contribution in [0.5, 0.6) is 5.75 Å². The van der Waals surface area contributed by atoms with Crippen molar-refractivity contribution in [1.29, 1.82) is 0 Å². The summed E-state index contributed by atoms with van der Waals surface area (Å²) in [5.41, 5.74) is 5.67. The Labute approximate surface area is 208 Å². The summed E-state index contributed by atoms with van der Waals surface area (Å²) in [6.45, 7) is 4.31. The van der Waals surface area contributed by atoms with E-state index in [1.54, 1.807) is 30.1 Å². The molecule has 10 heteroatoms. The quantitative estimate of drug-likeness (QED) is 0.429. The Kier molecular flexibility index (Phi) is 6.51. The average Bonchev–Trinajstić information content (AvgIpc) is 3.51. The summed E-state index contributed by atoms with van der Waals surface area (Å²) in [6.07, 6.45) is 5.97. The summed E-state index contributed by atoms with van der Waals surface area (Å²) in [4.78, 5) is 15.2. The molecule has 1 N–H and O–H groups in total. The van der Waals surface area contributed by atoms with Crippen LogP contribution in [0, 0.1) is 12.7 Å². The molecule has 2 aromatic carbocycles. The molecule has 0 bridgehead atoms. The maximum Gasteiger partial charge on any atom is 0.254 e. The molecule has 1 aliphatic heterocycles. The number of hydrogen-bond acceptors (Lipinski definition) is 6. The van der Waals surface area contributed by atoms with Gasteiger partial charge in [-0.15, -0.1) is 5.10 Å². The van der Waals surface area contributed by atoms with E-state index in [9.17, 15) is 4.79 Å². The van der Waals surface area contributed by atoms with E-state index >= 15 is 4.39 Å². The van der Waals surface area contributed by atoms with E-state index in [1.165, 1.54) is 35.2 Å². The molecule has 36 heavy (non-hydrogen) atoms. The van der Waals surface area contributed by atoms with Gasteiger partial charge in [-0.3, -0.25) is 9.48 Å². The Morgan fingerprint density at radius 1 is 1.19 bits per heavy atom. The number of ether oxygens (including phenoxy) is 1. The zero-order chi connectivity index (χ0) is 25.2. The van der Waals surface area contributed by atoms with Gasteiger partial charge in [-0.1, -0.05) is 23.4 Å². The Hall–Kier alpha value is -4.05. The maximum absolute atomic E-state index is 15.1. The first-order chi connectivity index (χ1) is 17.4. The van der Waals surface area contributed by atoms with Gasteiger partial charge in [0, 0.05) is 31.4 Å². The molecule has 0 saturated heterocycles. The minimum Gasteiger partial charge on any atom is -0.494 e. The number of carbonyl (C=O) groups excluding carboxylic acids is 1. The molecule has 2 aromatic heterocycles. The van der Waals surface area contributed by atoms with Crippen LogP contribution in [-0.2, 0) is 26.1 Å². The van der Waals surface area contributed by atoms with Crippen LogP contribution in [-0.4, -0.2) is 56.3 Å². The summed E-state index contributed by atoms with van der Waals surface area (Å²) in [5.74, 6) is -0.822. The lowest BCUT2D eigenvalue weighted by Crippen LogP contribution is -2.26. The number of likely N-dealkylation sites (N-methyl/N-ethyl adjacent to an activating group) is 1. The molecule has 0 unspecified atom stereocenters. The van der Waals surface area contributed by atoms with E-state index in [-0.39, 0.29) is 23.8 Å². The standard InChI is InChI=1S/C26H28FN7O2/c1-17-13-34(31-30-17)23-6-7-24(36-3)25(27)22(23)12-28-26(35)21-11-29-33(16-21)14-18-4-5-19-8-9-32(2)15-20(19)10-18/h4-7,10-11,13,16H,8-9,12,14-15H2,1-3H3,(H,28,35). The zero-order valence-electron chi connectivity index (χ0n) is 20.5. The predicted molar refractivity (Wildman–Crippen MR) is 132 cm³/mol. The van der Waals surface area contributed by atoms with Crippen molar-refractivity contribution in [3.05, 3.63) is 88.3 Å². The van der Waals surface area contributed by atoms with Crippen molar-refractivity contribution in [2.24, 2.45) is 0 Å². The molecule has 9 nitrogen and oxygen atoms in total. The van der Waals surface area contributed by atoms with Crippen LogP contribution in [0.15, 0.2) is 48.9 Å². The van der Waals surface area contributed by atoms with Crippen LogP contribution < -0.4 is 10.1 Å². The van der Waals surface area contributed by atoms with E-state index in [4.69, 9.17) is 4.74 Å². The van der Waals surface area contributed by atoms with Crippen LogP contribution in [0.3, 0.4) is 0 Å². The van der Waals surface area contributed by atoms with Gasteiger partial charge in [-0.2, -0.15) is 5.10 Å². The van der Waals surface area contributed by atoms with E-state index in [1.807, 2.05) is 0 Å². The third kappa shape index (κ3) is 4.85. The number of benzene rings is 2. The molecule has 1 amide bonds. The van der Waals surface area contributed by atoms with Gasteiger partial charge in [-0.05, 0) is 49.2 Å². The number of carbonyl (C=O) groups is 1. The van der Waals surface area contributed by atoms with Crippen molar-refractivity contribution >= 4 is 5.91 Å². The molecule has 0 fully saturated rings. The number of aromatic nitrogens is 5. The maximum atomic E-state index is 15.1. The van der Waals surface area contributed by atoms with Gasteiger partial charge >= 0.3 is 0 Å². The highest BCUT2D eigenvalue weighted by molar-refractivity contribution is 5.93. The average molecular weight is 490 g/mol. The summed E-state index contributed by atoms with van der Waals surface area (Å²) in [5, 5.41) is 15.2. The third-order valence-electron chi connectivity index (χ3n) is 6.40. The number of fused-ring (bicyclic) bond motifs is 1. The van der Waals surface area contributed by atoms with Gasteiger partial charge in [-0.25, -0.2) is 9.07 Å². The van der Waals surface area contributed by atoms with Crippen LogP contribution in [0.4, 0.5) is 4.39 Å². The molecule has 0 spiro atoms. The molecular weight excluding hydrogens is 461 g/mol. The Morgan fingerprint density at radius 2 is 2.06 bits per heavy atom. The van der Waals surface area contributed by atoms with E-state index < -0.39 is 5.82 Å². The molecule has 3 heterocycles. The van der Waals surface area contributed by atoms with Crippen molar-refractivity contribution in [3.8, 4) is 11.4 Å². The second kappa shape index (κ2) is 9.90. The number of nitrogens with one attached hydrogen (secondary N) is 1. The van der Waals surface area contributed by atoms with Crippen LogP contribution in [0.2, 0.25) is 0 Å². The largest absolute Gasteiger partial charge is 0.494 e. The molecule has 1 aliphatic rings. The molecule has 0 radical (unpaired) electrons. The van der Waals surface area contributed by atoms with Crippen molar-refractivity contribution in [2.45, 2.75) is 33.0 Å². The highest BCUT2D eigenvalue weighted by Gasteiger charge is 2.19. The van der Waals surface area contributed by atoms with Crippen LogP contribution >= 0.6 is 0 Å². The minimum atomic E-state index is -0.558. The Bertz CT molecular complexity index is 1410. The SMILES string of the molecule is COc1ccc(-n2cc(C)nn2)c(CNC(=O)c2cnn(Cc3ccc4c(c3)CN(C)CC4)c2)c1F. The smallest absolute Gasteiger partial charge is 0.254 e. The highest BCUT2D eigenvalue weighted by atomic mass is 19.1. The van der Waals surface area contributed by atoms with Crippen LogP contribution in [0.1, 0.15) is 38.3 Å². The molecule has 5 rings (SSSR count). The first kappa shape index (κ1) is 23.7. The van der Waals surface area contributed by atoms with Crippen molar-refractivity contribution in [2.75, 3.05) is 20.7 Å². The first-order valence-corrected chi connectivity index (χ1v) is 11.8. The molecular formula is C26H28FN7O2. The number of rotatable bonds is 7. The fourth-order valence-electron chi connectivity index (χ4n) is 4.47. The normalized spacial score (nSPS) is 13.4. The number of halogens is 1. The Balaban J connectivity index is 1.29. The van der Waals surface area contributed by atoms with Gasteiger partial charge in [0.25, 0.3) is 5.91 Å². The van der Waals surface area contributed by atoms with Gasteiger partial charge in [0.2, 0.25) is 0 Å². The van der Waals surface area contributed by atoms with Crippen molar-refractivity contribution < 1.29 is 13.9 Å². The fraction of sp³-hybridized carbons (Fsp3) is 0.308. The second-order valence-electron chi connectivity index (χ2n) is 9.08. The first-order valence-electron chi connectivity index (χ1n) is 11.8. The predicted octanol–water partition coefficient (Wildman–Crippen LogP) is 2.89. The third-order valence-corrected chi connectivity index (χ3v) is 6.40. The van der Waals surface area contributed by atoms with E-state index in [2.05, 4.69) is 50.9 Å². The molecule has 0 aliphatic carbocycles. The van der Waals surface area contributed by atoms with E-state index in [0.717, 1.165) is 25.1 Å². The number of amides is 1. The number of nitrogens with zero attached hydrogens (tertiary/aromatic N) is 6. The number of hydrogen-bond donors (Lipinski definition) is 1. The van der Waals surface area contributed by atoms with Gasteiger partial charge in [0.15, 0.2) is 11.6 Å². The number of aryl methyl sites for hydroxylation is 1. The monoisotopic (exact) mass is 489 g/mol. The topological polar surface area (TPSA) is 90.1 Å². The van der Waals surface area contributed by atoms with Gasteiger partial charge in [0.1, 0.15) is 0 Å². The lowest BCUT2D eigenvalue weighted by atomic mass is 9.98. The molecule has 186 valence electrons. The van der Waals surface area contributed by atoms with Gasteiger partial charge in [0.05, 0.1) is 43.0 Å². The summed E-state index contributed by atoms with van der Waals surface area (Å²) in [6, 6.07) is 9.73. The Morgan fingerprint density at radius 3 is 2.83 bits per heavy atom.